The molecule has 140 valence electrons. The maximum absolute atomic E-state index is 13.2. The molecule has 1 saturated heterocycles. The lowest BCUT2D eigenvalue weighted by Gasteiger charge is -2.34. The summed E-state index contributed by atoms with van der Waals surface area (Å²) in [6.45, 7) is 1.00. The minimum Gasteiger partial charge on any atom is -0.497 e. The Kier molecular flexibility index (Phi) is 4.94. The average molecular weight is 381 g/mol. The van der Waals surface area contributed by atoms with Crippen LogP contribution in [0, 0.1) is 10.1 Å². The van der Waals surface area contributed by atoms with Crippen LogP contribution in [0.4, 0.5) is 5.69 Å². The highest BCUT2D eigenvalue weighted by molar-refractivity contribution is 7.89. The van der Waals surface area contributed by atoms with E-state index >= 15 is 0 Å². The minimum atomic E-state index is -4.11. The molecule has 0 radical (unpaired) electrons. The van der Waals surface area contributed by atoms with Crippen molar-refractivity contribution < 1.29 is 18.1 Å². The Labute approximate surface area is 150 Å². The molecule has 10 nitrogen and oxygen atoms in total. The Balaban J connectivity index is 2.09. The fourth-order valence-corrected chi connectivity index (χ4v) is 4.73. The number of sulfonamides is 1. The van der Waals surface area contributed by atoms with Gasteiger partial charge in [-0.1, -0.05) is 0 Å². The molecule has 1 aromatic carbocycles. The van der Waals surface area contributed by atoms with Crippen molar-refractivity contribution in [3.63, 3.8) is 0 Å². The van der Waals surface area contributed by atoms with Crippen molar-refractivity contribution in [2.45, 2.75) is 10.9 Å². The second kappa shape index (κ2) is 7.02. The van der Waals surface area contributed by atoms with Gasteiger partial charge in [0.05, 0.1) is 24.1 Å². The first-order chi connectivity index (χ1) is 12.4. The molecule has 1 unspecified atom stereocenters. The Morgan fingerprint density at radius 3 is 2.81 bits per heavy atom. The molecule has 1 N–H and O–H groups in total. The van der Waals surface area contributed by atoms with Gasteiger partial charge in [-0.15, -0.1) is 0 Å². The third kappa shape index (κ3) is 3.16. The minimum absolute atomic E-state index is 0.184. The molecular weight excluding hydrogens is 362 g/mol. The first kappa shape index (κ1) is 18.3. The summed E-state index contributed by atoms with van der Waals surface area (Å²) in [6.07, 6.45) is 3.31. The van der Waals surface area contributed by atoms with E-state index in [-0.39, 0.29) is 17.2 Å². The Morgan fingerprint density at radius 2 is 2.19 bits per heavy atom. The van der Waals surface area contributed by atoms with Gasteiger partial charge >= 0.3 is 0 Å². The predicted octanol–water partition coefficient (Wildman–Crippen LogP) is 0.672. The summed E-state index contributed by atoms with van der Waals surface area (Å²) in [5.41, 5.74) is -0.513. The number of nitrogens with one attached hydrogen (secondary N) is 1. The van der Waals surface area contributed by atoms with Crippen LogP contribution in [0.5, 0.6) is 5.75 Å². The number of rotatable bonds is 5. The van der Waals surface area contributed by atoms with Crippen LogP contribution in [0.15, 0.2) is 35.5 Å². The molecular formula is C15H19N5O5S. The molecule has 1 aromatic heterocycles. The molecule has 0 bridgehead atoms. The van der Waals surface area contributed by atoms with E-state index in [0.717, 1.165) is 6.07 Å². The van der Waals surface area contributed by atoms with E-state index in [4.69, 9.17) is 4.74 Å². The number of benzene rings is 1. The van der Waals surface area contributed by atoms with E-state index < -0.39 is 26.7 Å². The van der Waals surface area contributed by atoms with Crippen molar-refractivity contribution in [2.24, 2.45) is 7.05 Å². The highest BCUT2D eigenvalue weighted by atomic mass is 32.2. The van der Waals surface area contributed by atoms with Gasteiger partial charge in [-0.25, -0.2) is 13.4 Å². The number of ether oxygens (including phenoxy) is 1. The summed E-state index contributed by atoms with van der Waals surface area (Å²) in [6, 6.07) is 3.17. The average Bonchev–Trinajstić information content (AvgIpc) is 3.07. The van der Waals surface area contributed by atoms with Gasteiger partial charge in [-0.3, -0.25) is 10.1 Å². The molecule has 2 aromatic rings. The number of aryl methyl sites for hydroxylation is 1. The maximum atomic E-state index is 13.2. The third-order valence-corrected chi connectivity index (χ3v) is 6.26. The number of nitro benzene ring substituents is 1. The van der Waals surface area contributed by atoms with Crippen LogP contribution < -0.4 is 10.1 Å². The van der Waals surface area contributed by atoms with Crippen LogP contribution >= 0.6 is 0 Å². The lowest BCUT2D eigenvalue weighted by molar-refractivity contribution is -0.387. The molecule has 1 fully saturated rings. The van der Waals surface area contributed by atoms with E-state index in [0.29, 0.717) is 18.9 Å². The zero-order valence-electron chi connectivity index (χ0n) is 14.3. The van der Waals surface area contributed by atoms with Crippen molar-refractivity contribution in [1.82, 2.24) is 19.2 Å². The fourth-order valence-electron chi connectivity index (χ4n) is 3.00. The Bertz CT molecular complexity index is 926. The Morgan fingerprint density at radius 1 is 1.42 bits per heavy atom. The second-order valence-electron chi connectivity index (χ2n) is 5.82. The first-order valence-corrected chi connectivity index (χ1v) is 9.32. The van der Waals surface area contributed by atoms with E-state index in [2.05, 4.69) is 10.3 Å². The number of nitro groups is 1. The molecule has 26 heavy (non-hydrogen) atoms. The van der Waals surface area contributed by atoms with E-state index in [1.54, 1.807) is 24.0 Å². The van der Waals surface area contributed by atoms with Crippen LogP contribution in [-0.4, -0.2) is 53.9 Å². The fraction of sp³-hybridized carbons (Fsp3) is 0.400. The number of hydrogen-bond donors (Lipinski definition) is 1. The molecule has 1 atom stereocenters. The Hall–Kier alpha value is -2.50. The highest BCUT2D eigenvalue weighted by Gasteiger charge is 2.39. The van der Waals surface area contributed by atoms with Gasteiger partial charge in [0.15, 0.2) is 4.90 Å². The number of nitrogens with zero attached hydrogens (tertiary/aromatic N) is 4. The quantitative estimate of drug-likeness (QED) is 0.597. The number of aromatic nitrogens is 2. The second-order valence-corrected chi connectivity index (χ2v) is 7.68. The van der Waals surface area contributed by atoms with Gasteiger partial charge in [0, 0.05) is 39.1 Å². The molecule has 11 heteroatoms. The van der Waals surface area contributed by atoms with Crippen LogP contribution in [0.2, 0.25) is 0 Å². The van der Waals surface area contributed by atoms with Gasteiger partial charge in [0.2, 0.25) is 0 Å². The summed E-state index contributed by atoms with van der Waals surface area (Å²) in [5.74, 6) is 0.786. The van der Waals surface area contributed by atoms with Crippen LogP contribution in [0.25, 0.3) is 0 Å². The monoisotopic (exact) mass is 381 g/mol. The molecule has 0 aliphatic carbocycles. The van der Waals surface area contributed by atoms with Gasteiger partial charge in [0.1, 0.15) is 11.6 Å². The molecule has 1 aliphatic rings. The maximum Gasteiger partial charge on any atom is 0.293 e. The smallest absolute Gasteiger partial charge is 0.293 e. The number of methoxy groups -OCH3 is 1. The van der Waals surface area contributed by atoms with Crippen LogP contribution in [0.3, 0.4) is 0 Å². The SMILES string of the molecule is COc1ccc(S(=O)(=O)N2CCNCC2c2nccn2C)c([N+](=O)[O-])c1. The molecule has 1 aliphatic heterocycles. The van der Waals surface area contributed by atoms with E-state index in [1.165, 1.54) is 23.5 Å². The normalized spacial score (nSPS) is 18.6. The van der Waals surface area contributed by atoms with Gasteiger partial charge in [-0.2, -0.15) is 4.31 Å². The summed E-state index contributed by atoms with van der Waals surface area (Å²) in [7, 11) is -0.975. The lowest BCUT2D eigenvalue weighted by atomic mass is 10.2. The van der Waals surface area contributed by atoms with Crippen molar-refractivity contribution in [1.29, 1.82) is 0 Å². The first-order valence-electron chi connectivity index (χ1n) is 7.88. The largest absolute Gasteiger partial charge is 0.497 e. The number of hydrogen-bond acceptors (Lipinski definition) is 7. The zero-order chi connectivity index (χ0) is 18.9. The summed E-state index contributed by atoms with van der Waals surface area (Å²) in [4.78, 5) is 14.6. The molecule has 3 rings (SSSR count). The molecule has 0 spiro atoms. The van der Waals surface area contributed by atoms with Crippen molar-refractivity contribution in [2.75, 3.05) is 26.7 Å². The third-order valence-electron chi connectivity index (χ3n) is 4.30. The summed E-state index contributed by atoms with van der Waals surface area (Å²) < 4.78 is 34.5. The van der Waals surface area contributed by atoms with Gasteiger partial charge in [0.25, 0.3) is 15.7 Å². The van der Waals surface area contributed by atoms with Crippen molar-refractivity contribution >= 4 is 15.7 Å². The molecule has 2 heterocycles. The highest BCUT2D eigenvalue weighted by Crippen LogP contribution is 2.34. The van der Waals surface area contributed by atoms with Crippen molar-refractivity contribution in [3.8, 4) is 5.75 Å². The number of imidazole rings is 1. The van der Waals surface area contributed by atoms with Gasteiger partial charge in [-0.05, 0) is 12.1 Å². The lowest BCUT2D eigenvalue weighted by Crippen LogP contribution is -2.49. The van der Waals surface area contributed by atoms with Gasteiger partial charge < -0.3 is 14.6 Å². The molecule has 0 saturated carbocycles. The predicted molar refractivity (Wildman–Crippen MR) is 92.4 cm³/mol. The van der Waals surface area contributed by atoms with Crippen LogP contribution in [-0.2, 0) is 17.1 Å². The summed E-state index contributed by atoms with van der Waals surface area (Å²) in [5, 5.41) is 14.6. The standard InChI is InChI=1S/C15H19N5O5S/c1-18-7-6-17-15(18)13-10-16-5-8-19(13)26(23,24)14-4-3-11(25-2)9-12(14)20(21)22/h3-4,6-7,9,13,16H,5,8,10H2,1-2H3. The van der Waals surface area contributed by atoms with E-state index in [9.17, 15) is 18.5 Å². The van der Waals surface area contributed by atoms with Crippen LogP contribution in [0.1, 0.15) is 11.9 Å². The number of piperazine rings is 1. The topological polar surface area (TPSA) is 120 Å². The van der Waals surface area contributed by atoms with E-state index in [1.807, 2.05) is 0 Å². The summed E-state index contributed by atoms with van der Waals surface area (Å²) >= 11 is 0. The molecule has 0 amide bonds. The van der Waals surface area contributed by atoms with Crippen molar-refractivity contribution in [3.05, 3.63) is 46.5 Å². The zero-order valence-corrected chi connectivity index (χ0v) is 15.1.